The van der Waals surface area contributed by atoms with Gasteiger partial charge in [-0.2, -0.15) is 0 Å². The smallest absolute Gasteiger partial charge is 0.147 e. The van der Waals surface area contributed by atoms with Crippen molar-refractivity contribution in [2.75, 3.05) is 0 Å². The molecule has 4 heterocycles. The average Bonchev–Trinajstić information content (AvgIpc) is 3.59. The lowest BCUT2D eigenvalue weighted by Gasteiger charge is -2.13. The van der Waals surface area contributed by atoms with Gasteiger partial charge in [0.05, 0.1) is 11.7 Å². The summed E-state index contributed by atoms with van der Waals surface area (Å²) in [7, 11) is 0. The molecule has 162 valence electrons. The molecular weight excluding hydrogens is 428 g/mol. The Hall–Kier alpha value is -4.57. The van der Waals surface area contributed by atoms with Gasteiger partial charge < -0.3 is 0 Å². The standard InChI is InChI=1S/C31H18N4/c1-2-5-19-17(4-1)14-24-20(19)8-7-18-15-25-21(28(18)24)9-10-23-29(25)22-6-3-12-33-30(22)35-27-11-13-32-16-26(27)34-31(23)35/h1-13,16H,14-15H2. The second-order valence-corrected chi connectivity index (χ2v) is 9.66. The summed E-state index contributed by atoms with van der Waals surface area (Å²) in [6.07, 6.45) is 7.49. The van der Waals surface area contributed by atoms with Gasteiger partial charge in [0, 0.05) is 28.6 Å². The van der Waals surface area contributed by atoms with Crippen LogP contribution in [-0.2, 0) is 12.8 Å². The zero-order valence-corrected chi connectivity index (χ0v) is 18.8. The lowest BCUT2D eigenvalue weighted by atomic mass is 9.93. The molecule has 3 aromatic carbocycles. The minimum atomic E-state index is 0.895. The van der Waals surface area contributed by atoms with Gasteiger partial charge in [0.15, 0.2) is 0 Å². The summed E-state index contributed by atoms with van der Waals surface area (Å²) in [5.41, 5.74) is 15.1. The van der Waals surface area contributed by atoms with Gasteiger partial charge in [0.1, 0.15) is 16.8 Å². The lowest BCUT2D eigenvalue weighted by Crippen LogP contribution is -1.96. The molecule has 0 aliphatic heterocycles. The fraction of sp³-hybridized carbons (Fsp3) is 0.0645. The summed E-state index contributed by atoms with van der Waals surface area (Å²) in [5.74, 6) is 0. The fourth-order valence-corrected chi connectivity index (χ4v) is 6.59. The van der Waals surface area contributed by atoms with E-state index in [1.807, 2.05) is 30.7 Å². The van der Waals surface area contributed by atoms with E-state index in [4.69, 9.17) is 9.97 Å². The Morgan fingerprint density at radius 1 is 0.657 bits per heavy atom. The Balaban J connectivity index is 1.42. The maximum Gasteiger partial charge on any atom is 0.147 e. The van der Waals surface area contributed by atoms with E-state index in [1.165, 1.54) is 60.7 Å². The topological polar surface area (TPSA) is 43.1 Å². The van der Waals surface area contributed by atoms with Crippen molar-refractivity contribution in [3.8, 4) is 22.3 Å². The Bertz CT molecular complexity index is 2070. The number of nitrogens with zero attached hydrogens (tertiary/aromatic N) is 4. The molecule has 0 spiro atoms. The lowest BCUT2D eigenvalue weighted by molar-refractivity contribution is 1.22. The molecule has 0 N–H and O–H groups in total. The predicted molar refractivity (Wildman–Crippen MR) is 140 cm³/mol. The first-order chi connectivity index (χ1) is 17.4. The number of imidazole rings is 1. The molecule has 35 heavy (non-hydrogen) atoms. The average molecular weight is 447 g/mol. The Morgan fingerprint density at radius 3 is 2.54 bits per heavy atom. The highest BCUT2D eigenvalue weighted by Crippen LogP contribution is 2.50. The maximum absolute atomic E-state index is 5.01. The van der Waals surface area contributed by atoms with E-state index in [2.05, 4.69) is 64.0 Å². The quantitative estimate of drug-likeness (QED) is 0.243. The molecule has 0 saturated carbocycles. The second-order valence-electron chi connectivity index (χ2n) is 9.66. The normalized spacial score (nSPS) is 13.5. The van der Waals surface area contributed by atoms with Crippen LogP contribution < -0.4 is 0 Å². The van der Waals surface area contributed by atoms with Crippen LogP contribution in [0.4, 0.5) is 0 Å². The van der Waals surface area contributed by atoms with E-state index < -0.39 is 0 Å². The van der Waals surface area contributed by atoms with Crippen molar-refractivity contribution >= 4 is 38.5 Å². The van der Waals surface area contributed by atoms with Gasteiger partial charge in [-0.15, -0.1) is 0 Å². The van der Waals surface area contributed by atoms with E-state index in [1.54, 1.807) is 0 Å². The van der Waals surface area contributed by atoms with Gasteiger partial charge in [0.2, 0.25) is 0 Å². The molecule has 4 aromatic heterocycles. The van der Waals surface area contributed by atoms with Crippen molar-refractivity contribution in [3.05, 3.63) is 108 Å². The summed E-state index contributed by atoms with van der Waals surface area (Å²) in [6, 6.07) is 24.4. The molecule has 0 unspecified atom stereocenters. The molecule has 0 fully saturated rings. The maximum atomic E-state index is 5.01. The highest BCUT2D eigenvalue weighted by atomic mass is 15.1. The number of hydrogen-bond donors (Lipinski definition) is 0. The van der Waals surface area contributed by atoms with Crippen LogP contribution in [0.15, 0.2) is 85.3 Å². The molecule has 0 bridgehead atoms. The van der Waals surface area contributed by atoms with Crippen molar-refractivity contribution in [1.29, 1.82) is 0 Å². The van der Waals surface area contributed by atoms with Crippen LogP contribution in [0.1, 0.15) is 22.3 Å². The van der Waals surface area contributed by atoms with Crippen LogP contribution in [0.5, 0.6) is 0 Å². The number of benzene rings is 3. The van der Waals surface area contributed by atoms with Crippen molar-refractivity contribution in [2.24, 2.45) is 0 Å². The molecule has 2 aliphatic rings. The van der Waals surface area contributed by atoms with E-state index in [0.717, 1.165) is 35.2 Å². The monoisotopic (exact) mass is 446 g/mol. The van der Waals surface area contributed by atoms with Crippen molar-refractivity contribution in [1.82, 2.24) is 19.4 Å². The van der Waals surface area contributed by atoms with Crippen LogP contribution in [0.25, 0.3) is 60.7 Å². The van der Waals surface area contributed by atoms with E-state index >= 15 is 0 Å². The summed E-state index contributed by atoms with van der Waals surface area (Å²) in [6.45, 7) is 0. The Labute approximate surface area is 200 Å². The Morgan fingerprint density at radius 2 is 1.54 bits per heavy atom. The molecule has 0 saturated heterocycles. The molecule has 2 aliphatic carbocycles. The molecular formula is C31H18N4. The number of hydrogen-bond acceptors (Lipinski definition) is 3. The molecule has 0 amide bonds. The first-order valence-electron chi connectivity index (χ1n) is 12.0. The van der Waals surface area contributed by atoms with Crippen molar-refractivity contribution in [2.45, 2.75) is 12.8 Å². The van der Waals surface area contributed by atoms with E-state index in [0.29, 0.717) is 0 Å². The van der Waals surface area contributed by atoms with Crippen LogP contribution in [0.2, 0.25) is 0 Å². The third kappa shape index (κ3) is 2.11. The summed E-state index contributed by atoms with van der Waals surface area (Å²) in [4.78, 5) is 14.2. The molecule has 7 aromatic rings. The van der Waals surface area contributed by atoms with Gasteiger partial charge in [-0.05, 0) is 81.6 Å². The van der Waals surface area contributed by atoms with E-state index in [-0.39, 0.29) is 0 Å². The summed E-state index contributed by atoms with van der Waals surface area (Å²) in [5, 5.41) is 3.63. The van der Waals surface area contributed by atoms with Crippen LogP contribution in [0, 0.1) is 0 Å². The summed E-state index contributed by atoms with van der Waals surface area (Å²) >= 11 is 0. The molecule has 9 rings (SSSR count). The molecule has 0 radical (unpaired) electrons. The van der Waals surface area contributed by atoms with Crippen molar-refractivity contribution < 1.29 is 0 Å². The zero-order valence-electron chi connectivity index (χ0n) is 18.8. The minimum Gasteiger partial charge on any atom is -0.276 e. The second kappa shape index (κ2) is 6.10. The van der Waals surface area contributed by atoms with Crippen LogP contribution in [0.3, 0.4) is 0 Å². The van der Waals surface area contributed by atoms with E-state index in [9.17, 15) is 0 Å². The van der Waals surface area contributed by atoms with Gasteiger partial charge >= 0.3 is 0 Å². The fourth-order valence-electron chi connectivity index (χ4n) is 6.59. The minimum absolute atomic E-state index is 0.895. The number of fused-ring (bicyclic) bond motifs is 16. The van der Waals surface area contributed by atoms with Gasteiger partial charge in [-0.25, -0.2) is 9.97 Å². The molecule has 4 heteroatoms. The van der Waals surface area contributed by atoms with Crippen molar-refractivity contribution in [3.63, 3.8) is 0 Å². The number of pyridine rings is 3. The first-order valence-corrected chi connectivity index (χ1v) is 12.0. The largest absolute Gasteiger partial charge is 0.276 e. The summed E-state index contributed by atoms with van der Waals surface area (Å²) < 4.78 is 2.19. The van der Waals surface area contributed by atoms with Crippen LogP contribution >= 0.6 is 0 Å². The highest BCUT2D eigenvalue weighted by Gasteiger charge is 2.30. The first kappa shape index (κ1) is 17.8. The SMILES string of the molecule is c1ccc2c(c1)Cc1c-2ccc2c1-c1ccc3c(c1C2)c1cccnc1n1c2ccncc2nc31. The Kier molecular flexibility index (Phi) is 3.11. The third-order valence-electron chi connectivity index (χ3n) is 7.99. The number of aromatic nitrogens is 4. The molecule has 4 nitrogen and oxygen atoms in total. The molecule has 0 atom stereocenters. The zero-order chi connectivity index (χ0) is 22.7. The predicted octanol–water partition coefficient (Wildman–Crippen LogP) is 6.73. The number of rotatable bonds is 0. The van der Waals surface area contributed by atoms with Gasteiger partial charge in [-0.1, -0.05) is 42.5 Å². The van der Waals surface area contributed by atoms with Crippen LogP contribution in [-0.4, -0.2) is 19.4 Å². The highest BCUT2D eigenvalue weighted by molar-refractivity contribution is 6.16. The van der Waals surface area contributed by atoms with Gasteiger partial charge in [0.25, 0.3) is 0 Å². The third-order valence-corrected chi connectivity index (χ3v) is 7.99. The van der Waals surface area contributed by atoms with Gasteiger partial charge in [-0.3, -0.25) is 9.38 Å².